The molecule has 2 aromatic carbocycles. The van der Waals surface area contributed by atoms with Gasteiger partial charge in [0.25, 0.3) is 11.6 Å². The van der Waals surface area contributed by atoms with Crippen molar-refractivity contribution in [3.05, 3.63) is 66.5 Å². The lowest BCUT2D eigenvalue weighted by molar-refractivity contribution is -0.144. The molecule has 26 heavy (non-hydrogen) atoms. The van der Waals surface area contributed by atoms with Crippen molar-refractivity contribution in [1.82, 2.24) is 19.6 Å². The molecule has 0 saturated heterocycles. The number of nitrogens with zero attached hydrogens (tertiary/aromatic N) is 4. The van der Waals surface area contributed by atoms with Crippen LogP contribution < -0.4 is 0 Å². The highest BCUT2D eigenvalue weighted by Gasteiger charge is 2.37. The van der Waals surface area contributed by atoms with E-state index < -0.39 is 12.0 Å². The molecule has 5 nitrogen and oxygen atoms in total. The number of hydrogen-bond donors (Lipinski definition) is 1. The molecule has 0 saturated carbocycles. The van der Waals surface area contributed by atoms with Crippen molar-refractivity contribution in [2.45, 2.75) is 6.18 Å². The lowest BCUT2D eigenvalue weighted by Crippen LogP contribution is -2.08. The zero-order chi connectivity index (χ0) is 18.3. The second kappa shape index (κ2) is 5.83. The number of rotatable bonds is 2. The topological polar surface area (TPSA) is 63.3 Å². The molecular weight excluding hydrogens is 345 g/mol. The SMILES string of the molecule is Oc1ccccc1-c1cc(-c2ccccc2)nc2nc(C(F)(F)F)nn12. The van der Waals surface area contributed by atoms with Gasteiger partial charge in [0.1, 0.15) is 5.75 Å². The summed E-state index contributed by atoms with van der Waals surface area (Å²) in [5.41, 5.74) is 1.73. The first-order valence-electron chi connectivity index (χ1n) is 7.62. The van der Waals surface area contributed by atoms with E-state index in [0.717, 1.165) is 4.52 Å². The molecule has 2 aromatic heterocycles. The lowest BCUT2D eigenvalue weighted by atomic mass is 10.1. The molecule has 0 aliphatic heterocycles. The number of halogens is 3. The fourth-order valence-electron chi connectivity index (χ4n) is 2.63. The molecule has 0 spiro atoms. The van der Waals surface area contributed by atoms with Gasteiger partial charge in [-0.2, -0.15) is 22.7 Å². The van der Waals surface area contributed by atoms with Crippen LogP contribution in [0.15, 0.2) is 60.7 Å². The number of aromatic hydroxyl groups is 1. The van der Waals surface area contributed by atoms with Crippen molar-refractivity contribution >= 4 is 5.78 Å². The van der Waals surface area contributed by atoms with Gasteiger partial charge in [-0.25, -0.2) is 4.98 Å². The molecule has 4 aromatic rings. The van der Waals surface area contributed by atoms with Gasteiger partial charge in [-0.3, -0.25) is 0 Å². The van der Waals surface area contributed by atoms with Crippen LogP contribution in [-0.2, 0) is 6.18 Å². The minimum absolute atomic E-state index is 0.0805. The minimum atomic E-state index is -4.70. The Morgan fingerprint density at radius 1 is 0.885 bits per heavy atom. The highest BCUT2D eigenvalue weighted by molar-refractivity contribution is 5.73. The third-order valence-corrected chi connectivity index (χ3v) is 3.82. The summed E-state index contributed by atoms with van der Waals surface area (Å²) in [6.07, 6.45) is -4.70. The predicted octanol–water partition coefficient (Wildman–Crippen LogP) is 4.18. The first-order valence-corrected chi connectivity index (χ1v) is 7.62. The molecule has 0 bridgehead atoms. The monoisotopic (exact) mass is 356 g/mol. The van der Waals surface area contributed by atoms with Gasteiger partial charge >= 0.3 is 6.18 Å². The average Bonchev–Trinajstić information content (AvgIpc) is 3.07. The molecule has 0 unspecified atom stereocenters. The van der Waals surface area contributed by atoms with Gasteiger partial charge in [0.2, 0.25) is 0 Å². The molecule has 1 N–H and O–H groups in total. The lowest BCUT2D eigenvalue weighted by Gasteiger charge is -2.09. The number of aromatic nitrogens is 4. The highest BCUT2D eigenvalue weighted by Crippen LogP contribution is 2.33. The summed E-state index contributed by atoms with van der Waals surface area (Å²) in [4.78, 5) is 7.72. The Balaban J connectivity index is 2.04. The molecule has 130 valence electrons. The van der Waals surface area contributed by atoms with E-state index in [9.17, 15) is 18.3 Å². The normalized spacial score (nSPS) is 11.8. The van der Waals surface area contributed by atoms with Gasteiger partial charge < -0.3 is 5.11 Å². The van der Waals surface area contributed by atoms with E-state index >= 15 is 0 Å². The van der Waals surface area contributed by atoms with E-state index in [0.29, 0.717) is 16.8 Å². The summed E-state index contributed by atoms with van der Waals surface area (Å²) in [5, 5.41) is 13.7. The van der Waals surface area contributed by atoms with Gasteiger partial charge in [-0.1, -0.05) is 42.5 Å². The van der Waals surface area contributed by atoms with Crippen molar-refractivity contribution in [3.8, 4) is 28.3 Å². The molecular formula is C18H11F3N4O. The van der Waals surface area contributed by atoms with Crippen LogP contribution in [0.1, 0.15) is 5.82 Å². The van der Waals surface area contributed by atoms with Crippen molar-refractivity contribution < 1.29 is 18.3 Å². The van der Waals surface area contributed by atoms with Crippen LogP contribution in [-0.4, -0.2) is 24.7 Å². The standard InChI is InChI=1S/C18H11F3N4O/c19-18(20,21)16-23-17-22-13(11-6-2-1-3-7-11)10-14(25(17)24-16)12-8-4-5-9-15(12)26/h1-10,26H. The molecule has 0 aliphatic carbocycles. The molecule has 0 amide bonds. The van der Waals surface area contributed by atoms with Crippen molar-refractivity contribution in [2.75, 3.05) is 0 Å². The minimum Gasteiger partial charge on any atom is -0.507 e. The summed E-state index contributed by atoms with van der Waals surface area (Å²) in [6.45, 7) is 0. The van der Waals surface area contributed by atoms with Gasteiger partial charge in [-0.05, 0) is 18.2 Å². The quantitative estimate of drug-likeness (QED) is 0.585. The second-order valence-corrected chi connectivity index (χ2v) is 5.55. The predicted molar refractivity (Wildman–Crippen MR) is 88.3 cm³/mol. The summed E-state index contributed by atoms with van der Waals surface area (Å²) >= 11 is 0. The molecule has 2 heterocycles. The van der Waals surface area contributed by atoms with E-state index in [1.54, 1.807) is 48.5 Å². The first kappa shape index (κ1) is 16.1. The average molecular weight is 356 g/mol. The van der Waals surface area contributed by atoms with Crippen LogP contribution in [0.25, 0.3) is 28.3 Å². The number of benzene rings is 2. The van der Waals surface area contributed by atoms with E-state index in [-0.39, 0.29) is 17.2 Å². The first-order chi connectivity index (χ1) is 12.4. The maximum atomic E-state index is 13.0. The Labute approximate surface area is 145 Å². The van der Waals surface area contributed by atoms with Crippen LogP contribution in [0.3, 0.4) is 0 Å². The summed E-state index contributed by atoms with van der Waals surface area (Å²) < 4.78 is 40.1. The Hall–Kier alpha value is -3.42. The second-order valence-electron chi connectivity index (χ2n) is 5.55. The largest absolute Gasteiger partial charge is 0.507 e. The van der Waals surface area contributed by atoms with E-state index in [1.165, 1.54) is 6.07 Å². The fraction of sp³-hybridized carbons (Fsp3) is 0.0556. The van der Waals surface area contributed by atoms with E-state index in [1.807, 2.05) is 6.07 Å². The van der Waals surface area contributed by atoms with E-state index in [4.69, 9.17) is 0 Å². The Morgan fingerprint density at radius 2 is 1.58 bits per heavy atom. The Bertz CT molecular complexity index is 1090. The molecule has 0 atom stereocenters. The van der Waals surface area contributed by atoms with Crippen molar-refractivity contribution in [1.29, 1.82) is 0 Å². The fourth-order valence-corrected chi connectivity index (χ4v) is 2.63. The van der Waals surface area contributed by atoms with Crippen molar-refractivity contribution in [2.24, 2.45) is 0 Å². The molecule has 0 aliphatic rings. The number of phenolic OH excluding ortho intramolecular Hbond substituents is 1. The van der Waals surface area contributed by atoms with Crippen LogP contribution in [0.2, 0.25) is 0 Å². The van der Waals surface area contributed by atoms with Gasteiger partial charge in [0, 0.05) is 11.1 Å². The number of phenols is 1. The van der Waals surface area contributed by atoms with Gasteiger partial charge in [0.15, 0.2) is 0 Å². The van der Waals surface area contributed by atoms with Crippen LogP contribution >= 0.6 is 0 Å². The third kappa shape index (κ3) is 2.75. The third-order valence-electron chi connectivity index (χ3n) is 3.82. The van der Waals surface area contributed by atoms with Crippen LogP contribution in [0.5, 0.6) is 5.75 Å². The Kier molecular flexibility index (Phi) is 3.61. The molecule has 8 heteroatoms. The Morgan fingerprint density at radius 3 is 2.27 bits per heavy atom. The summed E-state index contributed by atoms with van der Waals surface area (Å²) in [7, 11) is 0. The zero-order valence-electron chi connectivity index (χ0n) is 13.1. The van der Waals surface area contributed by atoms with Crippen molar-refractivity contribution in [3.63, 3.8) is 0 Å². The van der Waals surface area contributed by atoms with Crippen LogP contribution in [0, 0.1) is 0 Å². The highest BCUT2D eigenvalue weighted by atomic mass is 19.4. The zero-order valence-corrected chi connectivity index (χ0v) is 13.1. The molecule has 4 rings (SSSR count). The number of hydrogen-bond acceptors (Lipinski definition) is 4. The number of alkyl halides is 3. The maximum Gasteiger partial charge on any atom is 0.453 e. The van der Waals surface area contributed by atoms with Gasteiger partial charge in [0.05, 0.1) is 11.4 Å². The van der Waals surface area contributed by atoms with Crippen LogP contribution in [0.4, 0.5) is 13.2 Å². The summed E-state index contributed by atoms with van der Waals surface area (Å²) in [5.74, 6) is -1.56. The number of fused-ring (bicyclic) bond motifs is 1. The van der Waals surface area contributed by atoms with E-state index in [2.05, 4.69) is 15.1 Å². The molecule has 0 fully saturated rings. The number of para-hydroxylation sites is 1. The maximum absolute atomic E-state index is 13.0. The summed E-state index contributed by atoms with van der Waals surface area (Å²) in [6, 6.07) is 16.9. The van der Waals surface area contributed by atoms with Gasteiger partial charge in [-0.15, -0.1) is 5.10 Å². The molecule has 0 radical (unpaired) electrons. The smallest absolute Gasteiger partial charge is 0.453 e.